The van der Waals surface area contributed by atoms with Crippen LogP contribution < -0.4 is 15.5 Å². The van der Waals surface area contributed by atoms with Crippen LogP contribution in [0.2, 0.25) is 0 Å². The number of ether oxygens (including phenoxy) is 1. The van der Waals surface area contributed by atoms with Crippen LogP contribution in [0.5, 0.6) is 0 Å². The predicted molar refractivity (Wildman–Crippen MR) is 109 cm³/mol. The number of hydrogen-bond donors (Lipinski definition) is 2. The molecule has 0 atom stereocenters. The summed E-state index contributed by atoms with van der Waals surface area (Å²) in [5, 5.41) is 11.3. The Morgan fingerprint density at radius 3 is 3.04 bits per heavy atom. The van der Waals surface area contributed by atoms with E-state index in [-0.39, 0.29) is 0 Å². The zero-order valence-corrected chi connectivity index (χ0v) is 16.1. The van der Waals surface area contributed by atoms with Gasteiger partial charge in [-0.2, -0.15) is 10.1 Å². The molecule has 0 amide bonds. The maximum atomic E-state index is 5.50. The fraction of sp³-hybridized carbons (Fsp3) is 0.474. The van der Waals surface area contributed by atoms with Crippen LogP contribution in [0.15, 0.2) is 30.6 Å². The molecule has 3 aromatic rings. The zero-order valence-electron chi connectivity index (χ0n) is 16.1. The number of hydrogen-bond acceptors (Lipinski definition) is 8. The summed E-state index contributed by atoms with van der Waals surface area (Å²) in [6.07, 6.45) is 4.62. The Bertz CT molecular complexity index is 890. The van der Waals surface area contributed by atoms with Crippen molar-refractivity contribution in [2.45, 2.75) is 19.9 Å². The normalized spacial score (nSPS) is 15.0. The predicted octanol–water partition coefficient (Wildman–Crippen LogP) is 1.80. The maximum absolute atomic E-state index is 5.50. The third-order valence-electron chi connectivity index (χ3n) is 4.66. The van der Waals surface area contributed by atoms with E-state index in [2.05, 4.69) is 25.6 Å². The molecule has 0 unspecified atom stereocenters. The summed E-state index contributed by atoms with van der Waals surface area (Å²) in [6, 6.07) is 5.76. The molecule has 1 saturated heterocycles. The third kappa shape index (κ3) is 4.20. The summed E-state index contributed by atoms with van der Waals surface area (Å²) in [6.45, 7) is 7.67. The fourth-order valence-corrected chi connectivity index (χ4v) is 3.28. The first-order valence-corrected chi connectivity index (χ1v) is 9.80. The van der Waals surface area contributed by atoms with E-state index in [4.69, 9.17) is 14.7 Å². The average Bonchev–Trinajstić information content (AvgIpc) is 2.94. The molecule has 1 aliphatic heterocycles. The Balaban J connectivity index is 1.72. The number of aromatic nitrogens is 5. The van der Waals surface area contributed by atoms with E-state index in [0.29, 0.717) is 25.6 Å². The lowest BCUT2D eigenvalue weighted by molar-refractivity contribution is 0.137. The molecule has 1 aliphatic rings. The quantitative estimate of drug-likeness (QED) is 0.598. The molecule has 3 aromatic heterocycles. The van der Waals surface area contributed by atoms with Gasteiger partial charge in [0.15, 0.2) is 5.82 Å². The molecule has 1 fully saturated rings. The van der Waals surface area contributed by atoms with E-state index >= 15 is 0 Å². The van der Waals surface area contributed by atoms with Gasteiger partial charge in [-0.3, -0.25) is 4.68 Å². The van der Waals surface area contributed by atoms with Crippen molar-refractivity contribution in [3.05, 3.63) is 30.6 Å². The van der Waals surface area contributed by atoms with E-state index in [9.17, 15) is 0 Å². The summed E-state index contributed by atoms with van der Waals surface area (Å²) in [5.74, 6) is 2.17. The zero-order chi connectivity index (χ0) is 19.2. The van der Waals surface area contributed by atoms with E-state index < -0.39 is 0 Å². The van der Waals surface area contributed by atoms with E-state index in [1.54, 1.807) is 12.4 Å². The first-order chi connectivity index (χ1) is 13.8. The average molecular weight is 382 g/mol. The van der Waals surface area contributed by atoms with Crippen molar-refractivity contribution in [1.82, 2.24) is 30.0 Å². The first-order valence-electron chi connectivity index (χ1n) is 9.80. The Kier molecular flexibility index (Phi) is 5.93. The van der Waals surface area contributed by atoms with Crippen molar-refractivity contribution in [3.63, 3.8) is 0 Å². The minimum absolute atomic E-state index is 0.593. The van der Waals surface area contributed by atoms with Gasteiger partial charge in [0, 0.05) is 32.4 Å². The van der Waals surface area contributed by atoms with Gasteiger partial charge < -0.3 is 20.3 Å². The Labute approximate surface area is 164 Å². The maximum Gasteiger partial charge on any atom is 0.228 e. The van der Waals surface area contributed by atoms with Gasteiger partial charge in [-0.1, -0.05) is 6.07 Å². The molecule has 0 spiro atoms. The van der Waals surface area contributed by atoms with Crippen LogP contribution in [-0.2, 0) is 11.3 Å². The molecular formula is C19H26N8O. The van der Waals surface area contributed by atoms with Crippen LogP contribution in [-0.4, -0.2) is 64.1 Å². The van der Waals surface area contributed by atoms with E-state index in [0.717, 1.165) is 55.4 Å². The third-order valence-corrected chi connectivity index (χ3v) is 4.66. The summed E-state index contributed by atoms with van der Waals surface area (Å²) in [7, 11) is 0. The molecule has 4 heterocycles. The van der Waals surface area contributed by atoms with Gasteiger partial charge in [0.05, 0.1) is 19.3 Å². The lowest BCUT2D eigenvalue weighted by Crippen LogP contribution is -2.29. The minimum atomic E-state index is 0.593. The molecule has 0 radical (unpaired) electrons. The second kappa shape index (κ2) is 8.94. The van der Waals surface area contributed by atoms with Crippen LogP contribution in [0, 0.1) is 0 Å². The van der Waals surface area contributed by atoms with E-state index in [1.165, 1.54) is 0 Å². The lowest BCUT2D eigenvalue weighted by Gasteiger charge is -2.21. The largest absolute Gasteiger partial charge is 0.380 e. The van der Waals surface area contributed by atoms with Crippen molar-refractivity contribution in [2.75, 3.05) is 49.6 Å². The Hall–Kier alpha value is -2.78. The van der Waals surface area contributed by atoms with Gasteiger partial charge in [-0.25, -0.2) is 9.97 Å². The van der Waals surface area contributed by atoms with E-state index in [1.807, 2.05) is 29.8 Å². The summed E-state index contributed by atoms with van der Waals surface area (Å²) in [4.78, 5) is 16.3. The monoisotopic (exact) mass is 382 g/mol. The summed E-state index contributed by atoms with van der Waals surface area (Å²) >= 11 is 0. The second-order valence-corrected chi connectivity index (χ2v) is 6.60. The summed E-state index contributed by atoms with van der Waals surface area (Å²) in [5.41, 5.74) is 1.68. The molecule has 148 valence electrons. The van der Waals surface area contributed by atoms with Crippen molar-refractivity contribution in [1.29, 1.82) is 0 Å². The van der Waals surface area contributed by atoms with Gasteiger partial charge in [-0.15, -0.1) is 0 Å². The lowest BCUT2D eigenvalue weighted by atomic mass is 10.3. The number of pyridine rings is 1. The molecular weight excluding hydrogens is 356 g/mol. The highest BCUT2D eigenvalue weighted by Crippen LogP contribution is 2.26. The summed E-state index contributed by atoms with van der Waals surface area (Å²) < 4.78 is 7.39. The van der Waals surface area contributed by atoms with Crippen LogP contribution in [0.3, 0.4) is 0 Å². The van der Waals surface area contributed by atoms with Crippen LogP contribution >= 0.6 is 0 Å². The molecule has 4 rings (SSSR count). The highest BCUT2D eigenvalue weighted by molar-refractivity contribution is 5.88. The van der Waals surface area contributed by atoms with Crippen molar-refractivity contribution in [3.8, 4) is 0 Å². The van der Waals surface area contributed by atoms with Gasteiger partial charge in [-0.05, 0) is 32.0 Å². The first kappa shape index (κ1) is 18.6. The molecule has 9 nitrogen and oxygen atoms in total. The fourth-order valence-electron chi connectivity index (χ4n) is 3.28. The molecule has 2 N–H and O–H groups in total. The van der Waals surface area contributed by atoms with Gasteiger partial charge >= 0.3 is 0 Å². The number of anilines is 3. The molecule has 0 saturated carbocycles. The van der Waals surface area contributed by atoms with Crippen molar-refractivity contribution >= 4 is 28.6 Å². The molecule has 0 aromatic carbocycles. The standard InChI is InChI=1S/C19H26N8O/c1-2-28-13-12-27-17-15(14-22-27)23-19(26-10-5-7-20-9-11-26)25-18(17)24-16-6-3-4-8-21-16/h3-4,6,8,14,20H,2,5,7,9-13H2,1H3,(H,21,23,24,25). The smallest absolute Gasteiger partial charge is 0.228 e. The van der Waals surface area contributed by atoms with Crippen molar-refractivity contribution in [2.24, 2.45) is 0 Å². The van der Waals surface area contributed by atoms with Crippen LogP contribution in [0.25, 0.3) is 11.0 Å². The minimum Gasteiger partial charge on any atom is -0.380 e. The topological polar surface area (TPSA) is 93.0 Å². The van der Waals surface area contributed by atoms with Gasteiger partial charge in [0.2, 0.25) is 5.95 Å². The molecule has 0 aliphatic carbocycles. The molecule has 28 heavy (non-hydrogen) atoms. The second-order valence-electron chi connectivity index (χ2n) is 6.60. The number of rotatable bonds is 7. The van der Waals surface area contributed by atoms with Crippen molar-refractivity contribution < 1.29 is 4.74 Å². The molecule has 9 heteroatoms. The highest BCUT2D eigenvalue weighted by atomic mass is 16.5. The number of nitrogens with one attached hydrogen (secondary N) is 2. The van der Waals surface area contributed by atoms with Gasteiger partial charge in [0.1, 0.15) is 16.9 Å². The highest BCUT2D eigenvalue weighted by Gasteiger charge is 2.18. The number of fused-ring (bicyclic) bond motifs is 1. The van der Waals surface area contributed by atoms with Crippen LogP contribution in [0.4, 0.5) is 17.6 Å². The Morgan fingerprint density at radius 1 is 1.21 bits per heavy atom. The van der Waals surface area contributed by atoms with Gasteiger partial charge in [0.25, 0.3) is 0 Å². The Morgan fingerprint density at radius 2 is 2.18 bits per heavy atom. The van der Waals surface area contributed by atoms with Crippen LogP contribution in [0.1, 0.15) is 13.3 Å². The SMILES string of the molecule is CCOCCn1ncc2nc(N3CCCNCC3)nc(Nc3ccccn3)c21. The molecule has 0 bridgehead atoms. The number of nitrogens with zero attached hydrogens (tertiary/aromatic N) is 6.